The molecule has 3 heteroatoms. The van der Waals surface area contributed by atoms with Gasteiger partial charge in [0.15, 0.2) is 0 Å². The predicted molar refractivity (Wildman–Crippen MR) is 47.8 cm³/mol. The molecule has 2 aromatic rings. The van der Waals surface area contributed by atoms with Gasteiger partial charge in [-0.1, -0.05) is 24.3 Å². The lowest BCUT2D eigenvalue weighted by Gasteiger charge is -2.09. The quantitative estimate of drug-likeness (QED) is 0.601. The molecule has 71 valence electrons. The van der Waals surface area contributed by atoms with E-state index in [1.807, 2.05) is 0 Å². The molecule has 0 nitrogen and oxygen atoms in total. The lowest BCUT2D eigenvalue weighted by molar-refractivity contribution is -0.136. The average molecular weight is 195 g/mol. The topological polar surface area (TPSA) is 0 Å². The molecular formula is C11H6F3. The summed E-state index contributed by atoms with van der Waals surface area (Å²) in [5.74, 6) is 0. The Morgan fingerprint density at radius 2 is 1.71 bits per heavy atom. The van der Waals surface area contributed by atoms with Crippen molar-refractivity contribution < 1.29 is 13.2 Å². The van der Waals surface area contributed by atoms with Crippen molar-refractivity contribution in [2.45, 2.75) is 6.18 Å². The van der Waals surface area contributed by atoms with Gasteiger partial charge >= 0.3 is 6.18 Å². The summed E-state index contributed by atoms with van der Waals surface area (Å²) in [4.78, 5) is 0. The lowest BCUT2D eigenvalue weighted by Crippen LogP contribution is -2.05. The molecule has 0 aliphatic carbocycles. The van der Waals surface area contributed by atoms with Crippen LogP contribution in [0.25, 0.3) is 10.8 Å². The molecule has 0 aliphatic rings. The number of hydrogen-bond acceptors (Lipinski definition) is 0. The Balaban J connectivity index is 2.78. The molecule has 2 aromatic carbocycles. The minimum absolute atomic E-state index is 0.221. The third kappa shape index (κ3) is 1.45. The van der Waals surface area contributed by atoms with Crippen molar-refractivity contribution in [2.24, 2.45) is 0 Å². The Morgan fingerprint density at radius 1 is 1.00 bits per heavy atom. The van der Waals surface area contributed by atoms with E-state index in [2.05, 4.69) is 6.07 Å². The van der Waals surface area contributed by atoms with Crippen molar-refractivity contribution in [3.05, 3.63) is 48.0 Å². The Kier molecular flexibility index (Phi) is 1.95. The average Bonchev–Trinajstić information content (AvgIpc) is 2.15. The van der Waals surface area contributed by atoms with Crippen LogP contribution in [-0.2, 0) is 6.18 Å². The third-order valence-corrected chi connectivity index (χ3v) is 2.02. The zero-order chi connectivity index (χ0) is 10.2. The molecule has 0 aliphatic heterocycles. The van der Waals surface area contributed by atoms with E-state index in [1.165, 1.54) is 6.07 Å². The SMILES string of the molecule is FC(F)(F)c1c[c]cc2ccccc12. The highest BCUT2D eigenvalue weighted by molar-refractivity contribution is 5.85. The van der Waals surface area contributed by atoms with E-state index in [0.717, 1.165) is 6.07 Å². The first-order valence-corrected chi connectivity index (χ1v) is 4.05. The number of alkyl halides is 3. The van der Waals surface area contributed by atoms with Crippen LogP contribution in [0.4, 0.5) is 13.2 Å². The minimum atomic E-state index is -4.31. The fourth-order valence-electron chi connectivity index (χ4n) is 1.40. The van der Waals surface area contributed by atoms with E-state index in [4.69, 9.17) is 0 Å². The van der Waals surface area contributed by atoms with Gasteiger partial charge in [-0.2, -0.15) is 13.2 Å². The molecule has 0 heterocycles. The Morgan fingerprint density at radius 3 is 2.43 bits per heavy atom. The molecule has 0 saturated carbocycles. The van der Waals surface area contributed by atoms with Crippen LogP contribution >= 0.6 is 0 Å². The maximum Gasteiger partial charge on any atom is 0.417 e. The Bertz CT molecular complexity index is 452. The Labute approximate surface area is 79.0 Å². The molecule has 0 fully saturated rings. The second-order valence-electron chi connectivity index (χ2n) is 2.95. The first-order chi connectivity index (χ1) is 6.59. The van der Waals surface area contributed by atoms with Crippen LogP contribution in [0.1, 0.15) is 5.56 Å². The second kappa shape index (κ2) is 3.01. The minimum Gasteiger partial charge on any atom is -0.166 e. The summed E-state index contributed by atoms with van der Waals surface area (Å²) >= 11 is 0. The molecule has 0 unspecified atom stereocenters. The zero-order valence-corrected chi connectivity index (χ0v) is 7.10. The van der Waals surface area contributed by atoms with Gasteiger partial charge in [-0.05, 0) is 29.0 Å². The lowest BCUT2D eigenvalue weighted by atomic mass is 10.0. The molecule has 14 heavy (non-hydrogen) atoms. The van der Waals surface area contributed by atoms with Crippen LogP contribution in [-0.4, -0.2) is 0 Å². The molecule has 2 rings (SSSR count). The molecule has 0 atom stereocenters. The van der Waals surface area contributed by atoms with Crippen molar-refractivity contribution in [3.8, 4) is 0 Å². The van der Waals surface area contributed by atoms with Crippen LogP contribution in [0.15, 0.2) is 36.4 Å². The summed E-state index contributed by atoms with van der Waals surface area (Å²) in [6.45, 7) is 0. The largest absolute Gasteiger partial charge is 0.417 e. The van der Waals surface area contributed by atoms with E-state index in [1.54, 1.807) is 24.3 Å². The van der Waals surface area contributed by atoms with Gasteiger partial charge < -0.3 is 0 Å². The number of rotatable bonds is 0. The van der Waals surface area contributed by atoms with Gasteiger partial charge in [-0.15, -0.1) is 0 Å². The fraction of sp³-hybridized carbons (Fsp3) is 0.0909. The summed E-state index contributed by atoms with van der Waals surface area (Å²) in [5.41, 5.74) is -0.629. The first-order valence-electron chi connectivity index (χ1n) is 4.05. The maximum atomic E-state index is 12.5. The van der Waals surface area contributed by atoms with Crippen molar-refractivity contribution >= 4 is 10.8 Å². The van der Waals surface area contributed by atoms with Gasteiger partial charge in [-0.3, -0.25) is 0 Å². The second-order valence-corrected chi connectivity index (χ2v) is 2.95. The van der Waals surface area contributed by atoms with Gasteiger partial charge in [-0.25, -0.2) is 0 Å². The van der Waals surface area contributed by atoms with Crippen LogP contribution in [0.3, 0.4) is 0 Å². The summed E-state index contributed by atoms with van der Waals surface area (Å²) in [7, 11) is 0. The summed E-state index contributed by atoms with van der Waals surface area (Å²) in [6.07, 6.45) is -4.31. The maximum absolute atomic E-state index is 12.5. The monoisotopic (exact) mass is 195 g/mol. The molecule has 0 aromatic heterocycles. The number of hydrogen-bond donors (Lipinski definition) is 0. The standard InChI is InChI=1S/C11H6F3/c12-11(13,14)10-7-3-5-8-4-1-2-6-9(8)10/h1-2,4-7H. The van der Waals surface area contributed by atoms with Gasteiger partial charge in [0.25, 0.3) is 0 Å². The molecule has 0 saturated heterocycles. The van der Waals surface area contributed by atoms with E-state index in [0.29, 0.717) is 5.39 Å². The molecule has 0 bridgehead atoms. The van der Waals surface area contributed by atoms with Crippen molar-refractivity contribution in [1.82, 2.24) is 0 Å². The van der Waals surface area contributed by atoms with E-state index >= 15 is 0 Å². The molecule has 0 spiro atoms. The highest BCUT2D eigenvalue weighted by Crippen LogP contribution is 2.34. The zero-order valence-electron chi connectivity index (χ0n) is 7.10. The third-order valence-electron chi connectivity index (χ3n) is 2.02. The van der Waals surface area contributed by atoms with E-state index in [9.17, 15) is 13.2 Å². The Hall–Kier alpha value is -1.51. The van der Waals surface area contributed by atoms with Crippen LogP contribution in [0, 0.1) is 6.07 Å². The van der Waals surface area contributed by atoms with Gasteiger partial charge in [0.2, 0.25) is 0 Å². The smallest absolute Gasteiger partial charge is 0.166 e. The molecular weight excluding hydrogens is 189 g/mol. The normalized spacial score (nSPS) is 11.9. The van der Waals surface area contributed by atoms with E-state index in [-0.39, 0.29) is 5.39 Å². The summed E-state index contributed by atoms with van der Waals surface area (Å²) < 4.78 is 37.5. The molecule has 0 N–H and O–H groups in total. The first kappa shape index (κ1) is 9.06. The number of benzene rings is 2. The van der Waals surface area contributed by atoms with Gasteiger partial charge in [0.1, 0.15) is 0 Å². The highest BCUT2D eigenvalue weighted by Gasteiger charge is 2.31. The number of halogens is 3. The van der Waals surface area contributed by atoms with Gasteiger partial charge in [0, 0.05) is 0 Å². The number of fused-ring (bicyclic) bond motifs is 1. The van der Waals surface area contributed by atoms with Crippen LogP contribution in [0.2, 0.25) is 0 Å². The van der Waals surface area contributed by atoms with E-state index < -0.39 is 11.7 Å². The van der Waals surface area contributed by atoms with Gasteiger partial charge in [0.05, 0.1) is 5.56 Å². The van der Waals surface area contributed by atoms with Crippen LogP contribution in [0.5, 0.6) is 0 Å². The predicted octanol–water partition coefficient (Wildman–Crippen LogP) is 3.66. The van der Waals surface area contributed by atoms with Crippen molar-refractivity contribution in [1.29, 1.82) is 0 Å². The van der Waals surface area contributed by atoms with Crippen molar-refractivity contribution in [2.75, 3.05) is 0 Å². The van der Waals surface area contributed by atoms with Crippen LogP contribution < -0.4 is 0 Å². The summed E-state index contributed by atoms with van der Waals surface area (Å²) in [6, 6.07) is 11.4. The fourth-order valence-corrected chi connectivity index (χ4v) is 1.40. The van der Waals surface area contributed by atoms with Crippen molar-refractivity contribution in [3.63, 3.8) is 0 Å². The highest BCUT2D eigenvalue weighted by atomic mass is 19.4. The molecule has 0 amide bonds. The molecule has 1 radical (unpaired) electrons. The summed E-state index contributed by atoms with van der Waals surface area (Å²) in [5, 5.41) is 0.779.